The fourth-order valence-corrected chi connectivity index (χ4v) is 2.80. The zero-order valence-electron chi connectivity index (χ0n) is 11.4. The summed E-state index contributed by atoms with van der Waals surface area (Å²) < 4.78 is 0.802. The van der Waals surface area contributed by atoms with Gasteiger partial charge in [0.1, 0.15) is 5.82 Å². The van der Waals surface area contributed by atoms with E-state index in [0.717, 1.165) is 29.8 Å². The summed E-state index contributed by atoms with van der Waals surface area (Å²) in [6, 6.07) is 7.77. The number of carbonyl (C=O) groups excluding carboxylic acids is 1. The molecular weight excluding hydrogens is 332 g/mol. The Labute approximate surface area is 131 Å². The minimum atomic E-state index is -0.0864. The summed E-state index contributed by atoms with van der Waals surface area (Å²) >= 11 is 3.32. The molecule has 2 aromatic rings. The van der Waals surface area contributed by atoms with Crippen molar-refractivity contribution in [3.63, 3.8) is 0 Å². The van der Waals surface area contributed by atoms with Gasteiger partial charge in [0.25, 0.3) is 5.91 Å². The molecular formula is C15H15BrN4O. The highest BCUT2D eigenvalue weighted by Crippen LogP contribution is 2.18. The van der Waals surface area contributed by atoms with E-state index in [1.54, 1.807) is 24.7 Å². The van der Waals surface area contributed by atoms with Crippen LogP contribution in [-0.4, -0.2) is 35.0 Å². The second-order valence-corrected chi connectivity index (χ2v) is 5.90. The summed E-state index contributed by atoms with van der Waals surface area (Å²) in [6.45, 7) is 1.68. The van der Waals surface area contributed by atoms with Crippen LogP contribution in [0, 0.1) is 0 Å². The summed E-state index contributed by atoms with van der Waals surface area (Å²) in [4.78, 5) is 22.7. The Bertz CT molecular complexity index is 635. The number of carbonyl (C=O) groups is 1. The topological polar surface area (TPSA) is 58.1 Å². The van der Waals surface area contributed by atoms with Crippen molar-refractivity contribution in [3.05, 3.63) is 52.9 Å². The van der Waals surface area contributed by atoms with Gasteiger partial charge in [-0.15, -0.1) is 0 Å². The van der Waals surface area contributed by atoms with Gasteiger partial charge in [-0.05, 0) is 40.5 Å². The van der Waals surface area contributed by atoms with Crippen LogP contribution in [0.25, 0.3) is 0 Å². The molecule has 6 heteroatoms. The van der Waals surface area contributed by atoms with Crippen molar-refractivity contribution in [2.45, 2.75) is 12.5 Å². The van der Waals surface area contributed by atoms with Crippen LogP contribution in [0.4, 0.5) is 5.82 Å². The molecule has 0 radical (unpaired) electrons. The van der Waals surface area contributed by atoms with Gasteiger partial charge >= 0.3 is 0 Å². The molecule has 2 aromatic heterocycles. The minimum Gasteiger partial charge on any atom is -0.354 e. The molecule has 1 aliphatic heterocycles. The first kappa shape index (κ1) is 14.0. The van der Waals surface area contributed by atoms with Gasteiger partial charge in [-0.3, -0.25) is 9.78 Å². The van der Waals surface area contributed by atoms with Gasteiger partial charge in [-0.2, -0.15) is 0 Å². The van der Waals surface area contributed by atoms with E-state index in [4.69, 9.17) is 0 Å². The normalized spacial score (nSPS) is 17.8. The molecule has 1 amide bonds. The average Bonchev–Trinajstić information content (AvgIpc) is 2.97. The first-order valence-electron chi connectivity index (χ1n) is 6.80. The molecule has 0 aromatic carbocycles. The second kappa shape index (κ2) is 6.22. The van der Waals surface area contributed by atoms with E-state index in [2.05, 4.69) is 36.1 Å². The highest BCUT2D eigenvalue weighted by molar-refractivity contribution is 9.10. The standard InChI is InChI=1S/C15H15BrN4O/c16-12-7-11(8-17-9-12)15(21)19-13-4-6-20(10-13)14-3-1-2-5-18-14/h1-3,5,7-9,13H,4,6,10H2,(H,19,21)/t13-/m1/s1. The van der Waals surface area contributed by atoms with Crippen molar-refractivity contribution < 1.29 is 4.79 Å². The lowest BCUT2D eigenvalue weighted by atomic mass is 10.2. The quantitative estimate of drug-likeness (QED) is 0.925. The van der Waals surface area contributed by atoms with Crippen LogP contribution in [0.15, 0.2) is 47.3 Å². The highest BCUT2D eigenvalue weighted by atomic mass is 79.9. The highest BCUT2D eigenvalue weighted by Gasteiger charge is 2.25. The molecule has 21 heavy (non-hydrogen) atoms. The van der Waals surface area contributed by atoms with Gasteiger partial charge in [-0.25, -0.2) is 4.98 Å². The Kier molecular flexibility index (Phi) is 4.15. The number of halogens is 1. The summed E-state index contributed by atoms with van der Waals surface area (Å²) in [5.74, 6) is 0.870. The van der Waals surface area contributed by atoms with Crippen molar-refractivity contribution in [1.82, 2.24) is 15.3 Å². The largest absolute Gasteiger partial charge is 0.354 e. The summed E-state index contributed by atoms with van der Waals surface area (Å²) in [5.41, 5.74) is 0.570. The number of hydrogen-bond acceptors (Lipinski definition) is 4. The number of pyridine rings is 2. The van der Waals surface area contributed by atoms with E-state index in [-0.39, 0.29) is 11.9 Å². The predicted molar refractivity (Wildman–Crippen MR) is 84.3 cm³/mol. The van der Waals surface area contributed by atoms with Gasteiger partial charge in [-0.1, -0.05) is 6.07 Å². The molecule has 1 aliphatic rings. The van der Waals surface area contributed by atoms with Crippen LogP contribution in [0.5, 0.6) is 0 Å². The van der Waals surface area contributed by atoms with Crippen LogP contribution < -0.4 is 10.2 Å². The molecule has 1 N–H and O–H groups in total. The Morgan fingerprint density at radius 3 is 3.05 bits per heavy atom. The van der Waals surface area contributed by atoms with Crippen molar-refractivity contribution >= 4 is 27.7 Å². The lowest BCUT2D eigenvalue weighted by Gasteiger charge is -2.17. The summed E-state index contributed by atoms with van der Waals surface area (Å²) in [6.07, 6.45) is 5.94. The molecule has 0 saturated carbocycles. The fraction of sp³-hybridized carbons (Fsp3) is 0.267. The van der Waals surface area contributed by atoms with Gasteiger partial charge in [0.05, 0.1) is 5.56 Å². The predicted octanol–water partition coefficient (Wildman–Crippen LogP) is 2.25. The monoisotopic (exact) mass is 346 g/mol. The molecule has 108 valence electrons. The van der Waals surface area contributed by atoms with Crippen molar-refractivity contribution in [1.29, 1.82) is 0 Å². The molecule has 0 unspecified atom stereocenters. The van der Waals surface area contributed by atoms with Crippen LogP contribution in [0.2, 0.25) is 0 Å². The Balaban J connectivity index is 1.61. The maximum Gasteiger partial charge on any atom is 0.253 e. The van der Waals surface area contributed by atoms with E-state index < -0.39 is 0 Å². The van der Waals surface area contributed by atoms with E-state index in [0.29, 0.717) is 5.56 Å². The van der Waals surface area contributed by atoms with Gasteiger partial charge in [0, 0.05) is 42.2 Å². The van der Waals surface area contributed by atoms with E-state index in [9.17, 15) is 4.79 Å². The Morgan fingerprint density at radius 1 is 1.38 bits per heavy atom. The third kappa shape index (κ3) is 3.39. The van der Waals surface area contributed by atoms with Gasteiger partial charge in [0.15, 0.2) is 0 Å². The minimum absolute atomic E-state index is 0.0864. The number of rotatable bonds is 3. The molecule has 1 saturated heterocycles. The van der Waals surface area contributed by atoms with E-state index in [1.165, 1.54) is 0 Å². The SMILES string of the molecule is O=C(N[C@@H]1CCN(c2ccccn2)C1)c1cncc(Br)c1. The van der Waals surface area contributed by atoms with Crippen molar-refractivity contribution in [2.24, 2.45) is 0 Å². The third-order valence-corrected chi connectivity index (χ3v) is 3.90. The Morgan fingerprint density at radius 2 is 2.29 bits per heavy atom. The number of hydrogen-bond donors (Lipinski definition) is 1. The van der Waals surface area contributed by atoms with Crippen LogP contribution >= 0.6 is 15.9 Å². The number of anilines is 1. The number of nitrogens with zero attached hydrogens (tertiary/aromatic N) is 3. The molecule has 3 heterocycles. The number of amides is 1. The molecule has 5 nitrogen and oxygen atoms in total. The maximum atomic E-state index is 12.2. The zero-order valence-corrected chi connectivity index (χ0v) is 13.0. The summed E-state index contributed by atoms with van der Waals surface area (Å²) in [5, 5.41) is 3.05. The molecule has 0 bridgehead atoms. The van der Waals surface area contributed by atoms with E-state index >= 15 is 0 Å². The lowest BCUT2D eigenvalue weighted by Crippen LogP contribution is -2.37. The first-order valence-corrected chi connectivity index (χ1v) is 7.59. The number of nitrogens with one attached hydrogen (secondary N) is 1. The molecule has 3 rings (SSSR count). The van der Waals surface area contributed by atoms with Gasteiger partial charge < -0.3 is 10.2 Å². The average molecular weight is 347 g/mol. The van der Waals surface area contributed by atoms with Crippen LogP contribution in [-0.2, 0) is 0 Å². The fourth-order valence-electron chi connectivity index (χ4n) is 2.43. The second-order valence-electron chi connectivity index (χ2n) is 4.98. The van der Waals surface area contributed by atoms with Gasteiger partial charge in [0.2, 0.25) is 0 Å². The molecule has 0 spiro atoms. The van der Waals surface area contributed by atoms with Crippen molar-refractivity contribution in [2.75, 3.05) is 18.0 Å². The molecule has 1 atom stereocenters. The maximum absolute atomic E-state index is 12.2. The third-order valence-electron chi connectivity index (χ3n) is 3.46. The molecule has 0 aliphatic carbocycles. The van der Waals surface area contributed by atoms with Crippen LogP contribution in [0.1, 0.15) is 16.8 Å². The smallest absolute Gasteiger partial charge is 0.253 e. The van der Waals surface area contributed by atoms with Crippen molar-refractivity contribution in [3.8, 4) is 0 Å². The molecule has 1 fully saturated rings. The number of aromatic nitrogens is 2. The summed E-state index contributed by atoms with van der Waals surface area (Å²) in [7, 11) is 0. The van der Waals surface area contributed by atoms with E-state index in [1.807, 2.05) is 18.2 Å². The zero-order chi connectivity index (χ0) is 14.7. The first-order chi connectivity index (χ1) is 10.2. The van der Waals surface area contributed by atoms with Crippen LogP contribution in [0.3, 0.4) is 0 Å². The lowest BCUT2D eigenvalue weighted by molar-refractivity contribution is 0.0940. The Hall–Kier alpha value is -1.95.